The van der Waals surface area contributed by atoms with Crippen molar-refractivity contribution in [3.8, 4) is 5.75 Å². The van der Waals surface area contributed by atoms with Gasteiger partial charge in [0.1, 0.15) is 11.4 Å². The van der Waals surface area contributed by atoms with Crippen LogP contribution in [0.2, 0.25) is 0 Å². The van der Waals surface area contributed by atoms with Crippen LogP contribution in [0.3, 0.4) is 0 Å². The van der Waals surface area contributed by atoms with Crippen molar-refractivity contribution in [1.82, 2.24) is 0 Å². The van der Waals surface area contributed by atoms with Crippen molar-refractivity contribution in [3.63, 3.8) is 0 Å². The molecule has 33 heavy (non-hydrogen) atoms. The molecule has 1 aromatic rings. The van der Waals surface area contributed by atoms with Gasteiger partial charge in [0.15, 0.2) is 11.5 Å². The summed E-state index contributed by atoms with van der Waals surface area (Å²) in [4.78, 5) is 50.3. The van der Waals surface area contributed by atoms with Crippen LogP contribution >= 0.6 is 0 Å². The number of esters is 4. The molecular weight excluding hydrogens is 469 g/mol. The smallest absolute Gasteiger partial charge is 0.429 e. The molecule has 0 aliphatic carbocycles. The normalized spacial score (nSPS) is 18.8. The number of rotatable bonds is 4. The maximum absolute atomic E-state index is 13.9. The molecule has 176 valence electrons. The zero-order valence-corrected chi connectivity index (χ0v) is 18.4. The number of nitrogens with zero attached hydrogens (tertiary/aromatic N) is 1. The van der Waals surface area contributed by atoms with Crippen molar-refractivity contribution >= 4 is 46.0 Å². The Hall–Kier alpha value is -4.07. The molecule has 12 nitrogen and oxygen atoms in total. The Labute approximate surface area is 186 Å². The first-order chi connectivity index (χ1) is 15.5. The van der Waals surface area contributed by atoms with Crippen LogP contribution in [0, 0.1) is 5.82 Å². The van der Waals surface area contributed by atoms with Crippen LogP contribution in [0.4, 0.5) is 4.39 Å². The summed E-state index contributed by atoms with van der Waals surface area (Å²) in [6.07, 6.45) is 0.801. The summed E-state index contributed by atoms with van der Waals surface area (Å²) >= 11 is 0. The Morgan fingerprint density at radius 2 is 1.39 bits per heavy atom. The molecule has 1 aromatic carbocycles. The molecule has 0 spiro atoms. The quantitative estimate of drug-likeness (QED) is 0.425. The maximum Gasteiger partial charge on any atom is 0.429 e. The highest BCUT2D eigenvalue weighted by molar-refractivity contribution is 7.86. The summed E-state index contributed by atoms with van der Waals surface area (Å²) in [6, 6.07) is 2.51. The number of hydrogen-bond acceptors (Lipinski definition) is 11. The van der Waals surface area contributed by atoms with Gasteiger partial charge in [0, 0.05) is 5.56 Å². The summed E-state index contributed by atoms with van der Waals surface area (Å²) in [5.74, 6) is -7.02. The van der Waals surface area contributed by atoms with E-state index in [1.807, 2.05) is 0 Å². The van der Waals surface area contributed by atoms with E-state index < -0.39 is 68.2 Å². The number of carbonyl (C=O) groups is 4. The van der Waals surface area contributed by atoms with Gasteiger partial charge in [-0.05, 0) is 24.3 Å². The first kappa shape index (κ1) is 25.2. The minimum atomic E-state index is -5.06. The molecule has 0 unspecified atom stereocenters. The third kappa shape index (κ3) is 5.41. The van der Waals surface area contributed by atoms with E-state index in [0.717, 1.165) is 52.7 Å². The van der Waals surface area contributed by atoms with Gasteiger partial charge in [0.05, 0.1) is 39.6 Å². The predicted molar refractivity (Wildman–Crippen MR) is 106 cm³/mol. The summed E-state index contributed by atoms with van der Waals surface area (Å²) in [7, 11) is -1.58. The predicted octanol–water partition coefficient (Wildman–Crippen LogP) is 0.276. The van der Waals surface area contributed by atoms with E-state index >= 15 is 0 Å². The van der Waals surface area contributed by atoms with E-state index in [9.17, 15) is 32.0 Å². The fourth-order valence-electron chi connectivity index (χ4n) is 2.60. The van der Waals surface area contributed by atoms with Gasteiger partial charge in [-0.2, -0.15) is 8.42 Å². The lowest BCUT2D eigenvalue weighted by Crippen LogP contribution is -2.31. The van der Waals surface area contributed by atoms with Crippen LogP contribution in [-0.2, 0) is 48.4 Å². The van der Waals surface area contributed by atoms with Gasteiger partial charge >= 0.3 is 34.2 Å². The number of ether oxygens (including phenoxy) is 4. The monoisotopic (exact) mass is 485 g/mol. The summed E-state index contributed by atoms with van der Waals surface area (Å²) in [6.45, 7) is 0. The van der Waals surface area contributed by atoms with Crippen molar-refractivity contribution in [1.29, 1.82) is 0 Å². The van der Waals surface area contributed by atoms with E-state index in [1.165, 1.54) is 0 Å². The van der Waals surface area contributed by atoms with E-state index in [0.29, 0.717) is 0 Å². The number of carbonyl (C=O) groups excluding carboxylic acids is 4. The maximum atomic E-state index is 13.9. The minimum Gasteiger partial charge on any atom is -0.465 e. The Morgan fingerprint density at radius 1 is 0.848 bits per heavy atom. The first-order valence-corrected chi connectivity index (χ1v) is 10.00. The second kappa shape index (κ2) is 10.0. The summed E-state index contributed by atoms with van der Waals surface area (Å²) in [5.41, 5.74) is -4.44. The molecule has 14 heteroatoms. The van der Waals surface area contributed by atoms with Crippen molar-refractivity contribution in [2.75, 3.05) is 28.4 Å². The van der Waals surface area contributed by atoms with E-state index in [2.05, 4.69) is 23.3 Å². The number of halogens is 1. The van der Waals surface area contributed by atoms with Gasteiger partial charge in [0.2, 0.25) is 0 Å². The van der Waals surface area contributed by atoms with Crippen molar-refractivity contribution < 1.29 is 55.1 Å². The van der Waals surface area contributed by atoms with Crippen LogP contribution in [0.1, 0.15) is 5.56 Å². The second-order valence-corrected chi connectivity index (χ2v) is 7.11. The van der Waals surface area contributed by atoms with Crippen LogP contribution < -0.4 is 4.18 Å². The molecule has 0 aromatic heterocycles. The zero-order valence-electron chi connectivity index (χ0n) is 17.5. The second-order valence-electron chi connectivity index (χ2n) is 5.91. The van der Waals surface area contributed by atoms with Gasteiger partial charge in [-0.1, -0.05) is 0 Å². The van der Waals surface area contributed by atoms with E-state index in [1.54, 1.807) is 0 Å². The van der Waals surface area contributed by atoms with Crippen molar-refractivity contribution in [2.24, 2.45) is 4.40 Å². The van der Waals surface area contributed by atoms with Gasteiger partial charge < -0.3 is 23.1 Å². The Morgan fingerprint density at radius 3 is 1.94 bits per heavy atom. The van der Waals surface area contributed by atoms with Gasteiger partial charge in [0.25, 0.3) is 0 Å². The third-order valence-electron chi connectivity index (χ3n) is 3.99. The largest absolute Gasteiger partial charge is 0.465 e. The molecule has 2 rings (SSSR count). The third-order valence-corrected chi connectivity index (χ3v) is 4.79. The lowest BCUT2D eigenvalue weighted by Gasteiger charge is -2.17. The van der Waals surface area contributed by atoms with Gasteiger partial charge in [-0.25, -0.2) is 23.6 Å². The van der Waals surface area contributed by atoms with Gasteiger partial charge in [-0.3, -0.25) is 0 Å². The molecule has 0 saturated heterocycles. The Bertz CT molecular complexity index is 1230. The fourth-order valence-corrected chi connectivity index (χ4v) is 3.41. The molecular formula is C19H16FNO11S. The highest BCUT2D eigenvalue weighted by atomic mass is 32.2. The molecule has 1 heterocycles. The van der Waals surface area contributed by atoms with E-state index in [-0.39, 0.29) is 5.56 Å². The number of benzene rings is 1. The molecule has 0 atom stereocenters. The number of methoxy groups -OCH3 is 4. The SMILES string of the molecule is COC(=O)C1=NS(=O)(=O)Oc2ccc(F)cc2/C=C(C(=O)OC)\C(C(=O)OC)=C/1C(=O)OC. The van der Waals surface area contributed by atoms with Crippen LogP contribution in [0.15, 0.2) is 39.3 Å². The average molecular weight is 485 g/mol. The topological polar surface area (TPSA) is 161 Å². The van der Waals surface area contributed by atoms with E-state index in [4.69, 9.17) is 4.18 Å². The lowest BCUT2D eigenvalue weighted by molar-refractivity contribution is -0.140. The standard InChI is InChI=1S/C19H16FNO11S/c1-28-16(22)11-8-9-7-10(20)5-6-12(9)32-33(26,27)21-15(19(25)31-4)14(18(24)30-3)13(11)17(23)29-2/h5-8H,1-4H3/b11-8+,14-13-,21-15?. The molecule has 0 bridgehead atoms. The average Bonchev–Trinajstić information content (AvgIpc) is 2.79. The van der Waals surface area contributed by atoms with Crippen LogP contribution in [-0.4, -0.2) is 66.4 Å². The molecule has 0 fully saturated rings. The number of hydrogen-bond donors (Lipinski definition) is 0. The van der Waals surface area contributed by atoms with Gasteiger partial charge in [-0.15, -0.1) is 4.40 Å². The summed E-state index contributed by atoms with van der Waals surface area (Å²) < 4.78 is 65.2. The van der Waals surface area contributed by atoms with Crippen molar-refractivity contribution in [3.05, 3.63) is 46.3 Å². The lowest BCUT2D eigenvalue weighted by atomic mass is 9.94. The highest BCUT2D eigenvalue weighted by Gasteiger charge is 2.38. The van der Waals surface area contributed by atoms with Crippen LogP contribution in [0.5, 0.6) is 5.75 Å². The minimum absolute atomic E-state index is 0.360. The Balaban J connectivity index is 3.22. The zero-order chi connectivity index (χ0) is 24.9. The molecule has 1 aliphatic heterocycles. The molecule has 0 saturated carbocycles. The first-order valence-electron chi connectivity index (χ1n) is 8.63. The Kier molecular flexibility index (Phi) is 7.66. The molecule has 0 N–H and O–H groups in total. The molecule has 0 amide bonds. The van der Waals surface area contributed by atoms with Crippen molar-refractivity contribution in [2.45, 2.75) is 0 Å². The fraction of sp³-hybridized carbons (Fsp3) is 0.211. The highest BCUT2D eigenvalue weighted by Crippen LogP contribution is 2.30. The molecule has 0 radical (unpaired) electrons. The molecule has 1 aliphatic rings. The number of fused-ring (bicyclic) bond motifs is 1. The summed E-state index contributed by atoms with van der Waals surface area (Å²) in [5, 5.41) is 0. The van der Waals surface area contributed by atoms with Crippen LogP contribution in [0.25, 0.3) is 6.08 Å².